The lowest BCUT2D eigenvalue weighted by atomic mass is 10.1. The van der Waals surface area contributed by atoms with Crippen molar-refractivity contribution < 1.29 is 23.9 Å². The molecular formula is C22H22N2O5. The third-order valence-corrected chi connectivity index (χ3v) is 3.87. The van der Waals surface area contributed by atoms with Crippen LogP contribution in [-0.4, -0.2) is 36.2 Å². The van der Waals surface area contributed by atoms with Gasteiger partial charge in [-0.05, 0) is 49.8 Å². The zero-order valence-electron chi connectivity index (χ0n) is 16.2. The Balaban J connectivity index is 1.76. The quantitative estimate of drug-likeness (QED) is 0.407. The van der Waals surface area contributed by atoms with Crippen molar-refractivity contribution >= 4 is 35.3 Å². The highest BCUT2D eigenvalue weighted by Gasteiger charge is 2.18. The Labute approximate surface area is 168 Å². The van der Waals surface area contributed by atoms with E-state index in [1.54, 1.807) is 30.3 Å². The van der Waals surface area contributed by atoms with Gasteiger partial charge in [-0.25, -0.2) is 0 Å². The van der Waals surface area contributed by atoms with E-state index in [-0.39, 0.29) is 12.3 Å². The van der Waals surface area contributed by atoms with Crippen LogP contribution in [0, 0.1) is 0 Å². The summed E-state index contributed by atoms with van der Waals surface area (Å²) in [6.07, 6.45) is 1.88. The van der Waals surface area contributed by atoms with Gasteiger partial charge in [0.25, 0.3) is 5.91 Å². The number of carbonyl (C=O) groups is 4. The summed E-state index contributed by atoms with van der Waals surface area (Å²) in [6, 6.07) is 15.6. The normalized spacial score (nSPS) is 11.5. The molecule has 0 aliphatic rings. The van der Waals surface area contributed by atoms with Gasteiger partial charge >= 0.3 is 5.97 Å². The third-order valence-electron chi connectivity index (χ3n) is 3.87. The molecule has 2 amide bonds. The first-order valence-corrected chi connectivity index (χ1v) is 8.97. The van der Waals surface area contributed by atoms with Crippen LogP contribution >= 0.6 is 0 Å². The molecule has 2 aromatic rings. The lowest BCUT2D eigenvalue weighted by molar-refractivity contribution is -0.152. The molecule has 0 saturated carbocycles. The molecule has 0 saturated heterocycles. The minimum atomic E-state index is -1.05. The Morgan fingerprint density at radius 1 is 1.00 bits per heavy atom. The van der Waals surface area contributed by atoms with Gasteiger partial charge in [-0.2, -0.15) is 0 Å². The highest BCUT2D eigenvalue weighted by Crippen LogP contribution is 2.11. The van der Waals surface area contributed by atoms with Crippen LogP contribution in [0.3, 0.4) is 0 Å². The molecule has 0 radical (unpaired) electrons. The van der Waals surface area contributed by atoms with Crippen LogP contribution in [0.15, 0.2) is 60.7 Å². The third kappa shape index (κ3) is 7.42. The average Bonchev–Trinajstić information content (AvgIpc) is 2.71. The fourth-order valence-corrected chi connectivity index (χ4v) is 2.28. The summed E-state index contributed by atoms with van der Waals surface area (Å²) >= 11 is 0. The van der Waals surface area contributed by atoms with Crippen LogP contribution in [0.1, 0.15) is 29.8 Å². The topological polar surface area (TPSA) is 102 Å². The average molecular weight is 394 g/mol. The molecule has 2 aromatic carbocycles. The summed E-state index contributed by atoms with van der Waals surface area (Å²) in [5.41, 5.74) is 1.86. The molecule has 150 valence electrons. The summed E-state index contributed by atoms with van der Waals surface area (Å²) in [7, 11) is 0. The van der Waals surface area contributed by atoms with Crippen molar-refractivity contribution in [2.75, 3.05) is 11.9 Å². The molecule has 7 nitrogen and oxygen atoms in total. The van der Waals surface area contributed by atoms with Gasteiger partial charge in [0.2, 0.25) is 5.91 Å². The Morgan fingerprint density at radius 2 is 1.66 bits per heavy atom. The molecular weight excluding hydrogens is 372 g/mol. The number of hydrogen-bond acceptors (Lipinski definition) is 5. The van der Waals surface area contributed by atoms with Crippen molar-refractivity contribution in [2.24, 2.45) is 0 Å². The Kier molecular flexibility index (Phi) is 7.85. The zero-order valence-corrected chi connectivity index (χ0v) is 16.2. The van der Waals surface area contributed by atoms with Crippen LogP contribution in [0.5, 0.6) is 0 Å². The molecule has 0 aromatic heterocycles. The summed E-state index contributed by atoms with van der Waals surface area (Å²) in [4.78, 5) is 46.9. The molecule has 0 bridgehead atoms. The molecule has 2 N–H and O–H groups in total. The van der Waals surface area contributed by atoms with E-state index < -0.39 is 23.9 Å². The van der Waals surface area contributed by atoms with Crippen molar-refractivity contribution in [1.29, 1.82) is 0 Å². The monoisotopic (exact) mass is 394 g/mol. The molecule has 7 heteroatoms. The van der Waals surface area contributed by atoms with Crippen molar-refractivity contribution in [3.63, 3.8) is 0 Å². The molecule has 0 fully saturated rings. The molecule has 1 atom stereocenters. The number of carbonyl (C=O) groups excluding carboxylic acids is 4. The van der Waals surface area contributed by atoms with E-state index in [9.17, 15) is 19.2 Å². The second-order valence-electron chi connectivity index (χ2n) is 6.22. The standard InChI is InChI=1S/C22H22N2O5/c1-15(25)18-9-11-19(12-10-18)24-22(28)16(2)29-21(27)14-23-20(26)13-8-17-6-4-3-5-7-17/h3-13,16H,14H2,1-2H3,(H,23,26)(H,24,28)/b13-8+/t16-/m0/s1. The Hall–Kier alpha value is -3.74. The molecule has 0 aliphatic heterocycles. The molecule has 0 aliphatic carbocycles. The van der Waals surface area contributed by atoms with Gasteiger partial charge in [-0.1, -0.05) is 30.3 Å². The minimum absolute atomic E-state index is 0.0779. The molecule has 0 heterocycles. The predicted molar refractivity (Wildman–Crippen MR) is 109 cm³/mol. The van der Waals surface area contributed by atoms with Crippen LogP contribution in [-0.2, 0) is 19.1 Å². The maximum atomic E-state index is 12.1. The first-order valence-electron chi connectivity index (χ1n) is 8.97. The van der Waals surface area contributed by atoms with Crippen molar-refractivity contribution in [2.45, 2.75) is 20.0 Å². The fourth-order valence-electron chi connectivity index (χ4n) is 2.28. The molecule has 0 unspecified atom stereocenters. The van der Waals surface area contributed by atoms with Crippen molar-refractivity contribution in [1.82, 2.24) is 5.32 Å². The number of ketones is 1. The molecule has 29 heavy (non-hydrogen) atoms. The van der Waals surface area contributed by atoms with Gasteiger partial charge in [0.15, 0.2) is 11.9 Å². The van der Waals surface area contributed by atoms with E-state index in [4.69, 9.17) is 4.74 Å². The van der Waals surface area contributed by atoms with E-state index >= 15 is 0 Å². The lowest BCUT2D eigenvalue weighted by Gasteiger charge is -2.13. The number of benzene rings is 2. The summed E-state index contributed by atoms with van der Waals surface area (Å²) in [5, 5.41) is 4.99. The summed E-state index contributed by atoms with van der Waals surface area (Å²) in [5.74, 6) is -1.79. The number of Topliss-reactive ketones (excluding diaryl/α,β-unsaturated/α-hetero) is 1. The van der Waals surface area contributed by atoms with Crippen LogP contribution in [0.4, 0.5) is 5.69 Å². The Bertz CT molecular complexity index is 905. The highest BCUT2D eigenvalue weighted by atomic mass is 16.5. The number of anilines is 1. The first kappa shape index (κ1) is 21.6. The fraction of sp³-hybridized carbons (Fsp3) is 0.182. The van der Waals surface area contributed by atoms with Gasteiger partial charge in [0, 0.05) is 17.3 Å². The number of ether oxygens (including phenoxy) is 1. The second-order valence-corrected chi connectivity index (χ2v) is 6.22. The number of amides is 2. The van der Waals surface area contributed by atoms with Crippen molar-refractivity contribution in [3.8, 4) is 0 Å². The largest absolute Gasteiger partial charge is 0.451 e. The van der Waals surface area contributed by atoms with E-state index in [0.717, 1.165) is 5.56 Å². The van der Waals surface area contributed by atoms with Gasteiger partial charge in [0.05, 0.1) is 0 Å². The second kappa shape index (κ2) is 10.6. The maximum Gasteiger partial charge on any atom is 0.326 e. The van der Waals surface area contributed by atoms with Gasteiger partial charge in [-0.15, -0.1) is 0 Å². The number of rotatable bonds is 8. The first-order chi connectivity index (χ1) is 13.8. The van der Waals surface area contributed by atoms with Crippen LogP contribution in [0.2, 0.25) is 0 Å². The minimum Gasteiger partial charge on any atom is -0.451 e. The predicted octanol–water partition coefficient (Wildman–Crippen LogP) is 2.59. The number of hydrogen-bond donors (Lipinski definition) is 2. The SMILES string of the molecule is CC(=O)c1ccc(NC(=O)[C@H](C)OC(=O)CNC(=O)/C=C/c2ccccc2)cc1. The number of nitrogens with one attached hydrogen (secondary N) is 2. The van der Waals surface area contributed by atoms with Gasteiger partial charge < -0.3 is 15.4 Å². The van der Waals surface area contributed by atoms with Crippen molar-refractivity contribution in [3.05, 3.63) is 71.8 Å². The molecule has 0 spiro atoms. The van der Waals surface area contributed by atoms with E-state index in [0.29, 0.717) is 11.3 Å². The Morgan fingerprint density at radius 3 is 2.28 bits per heavy atom. The van der Waals surface area contributed by atoms with Gasteiger partial charge in [0.1, 0.15) is 6.54 Å². The highest BCUT2D eigenvalue weighted by molar-refractivity contribution is 5.97. The van der Waals surface area contributed by atoms with Crippen LogP contribution in [0.25, 0.3) is 6.08 Å². The molecule has 2 rings (SSSR count). The zero-order chi connectivity index (χ0) is 21.2. The smallest absolute Gasteiger partial charge is 0.326 e. The summed E-state index contributed by atoms with van der Waals surface area (Å²) < 4.78 is 5.02. The van der Waals surface area contributed by atoms with Crippen LogP contribution < -0.4 is 10.6 Å². The lowest BCUT2D eigenvalue weighted by Crippen LogP contribution is -2.35. The summed E-state index contributed by atoms with van der Waals surface area (Å²) in [6.45, 7) is 2.52. The van der Waals surface area contributed by atoms with Gasteiger partial charge in [-0.3, -0.25) is 19.2 Å². The maximum absolute atomic E-state index is 12.1. The number of esters is 1. The van der Waals surface area contributed by atoms with E-state index in [2.05, 4.69) is 10.6 Å². The van der Waals surface area contributed by atoms with E-state index in [1.807, 2.05) is 30.3 Å². The van der Waals surface area contributed by atoms with E-state index in [1.165, 1.54) is 19.9 Å².